The quantitative estimate of drug-likeness (QED) is 0.741. The molecule has 2 rings (SSSR count). The highest BCUT2D eigenvalue weighted by atomic mass is 16.5. The predicted octanol–water partition coefficient (Wildman–Crippen LogP) is 0.386. The fraction of sp³-hybridized carbons (Fsp3) is 0.462. The Morgan fingerprint density at radius 1 is 1.56 bits per heavy atom. The molecule has 0 saturated carbocycles. The van der Waals surface area contributed by atoms with Crippen molar-refractivity contribution >= 4 is 5.91 Å². The Labute approximate surface area is 106 Å². The minimum absolute atomic E-state index is 0.380. The first-order valence-electron chi connectivity index (χ1n) is 5.97. The summed E-state index contributed by atoms with van der Waals surface area (Å²) in [7, 11) is 1.62. The van der Waals surface area contributed by atoms with Crippen molar-refractivity contribution < 1.29 is 14.3 Å². The molecule has 98 valence electrons. The predicted molar refractivity (Wildman–Crippen MR) is 67.3 cm³/mol. The Morgan fingerprint density at radius 2 is 2.33 bits per heavy atom. The standard InChI is InChI=1S/C13H18N2O3/c1-17-9-7-15-13(12(14)16)6-8-18-11-5-3-2-4-10(11)13/h2-5,15H,6-9H2,1H3,(H2,14,16). The minimum atomic E-state index is -0.854. The van der Waals surface area contributed by atoms with Crippen molar-refractivity contribution in [3.05, 3.63) is 29.8 Å². The number of carbonyl (C=O) groups is 1. The van der Waals surface area contributed by atoms with Gasteiger partial charge in [0.2, 0.25) is 5.91 Å². The summed E-state index contributed by atoms with van der Waals surface area (Å²) in [6, 6.07) is 7.48. The lowest BCUT2D eigenvalue weighted by Gasteiger charge is -2.37. The molecule has 1 heterocycles. The zero-order valence-corrected chi connectivity index (χ0v) is 10.4. The van der Waals surface area contributed by atoms with Crippen LogP contribution in [0.15, 0.2) is 24.3 Å². The summed E-state index contributed by atoms with van der Waals surface area (Å²) in [5, 5.41) is 3.21. The van der Waals surface area contributed by atoms with Gasteiger partial charge in [0.15, 0.2) is 0 Å². The molecule has 1 atom stereocenters. The van der Waals surface area contributed by atoms with Crippen LogP contribution >= 0.6 is 0 Å². The van der Waals surface area contributed by atoms with Gasteiger partial charge in [-0.05, 0) is 6.07 Å². The zero-order chi connectivity index (χ0) is 13.0. The van der Waals surface area contributed by atoms with Crippen LogP contribution in [0.4, 0.5) is 0 Å². The van der Waals surface area contributed by atoms with E-state index in [4.69, 9.17) is 15.2 Å². The zero-order valence-electron chi connectivity index (χ0n) is 10.4. The van der Waals surface area contributed by atoms with E-state index in [0.717, 1.165) is 5.56 Å². The average Bonchev–Trinajstić information content (AvgIpc) is 2.39. The molecule has 1 amide bonds. The number of fused-ring (bicyclic) bond motifs is 1. The van der Waals surface area contributed by atoms with E-state index in [9.17, 15) is 4.79 Å². The first kappa shape index (κ1) is 12.9. The van der Waals surface area contributed by atoms with Crippen LogP contribution in [0, 0.1) is 0 Å². The molecular formula is C13H18N2O3. The van der Waals surface area contributed by atoms with Crippen molar-refractivity contribution in [1.29, 1.82) is 0 Å². The first-order chi connectivity index (χ1) is 8.70. The normalized spacial score (nSPS) is 22.1. The molecule has 0 aliphatic carbocycles. The van der Waals surface area contributed by atoms with Crippen LogP contribution in [0.5, 0.6) is 5.75 Å². The van der Waals surface area contributed by atoms with E-state index in [1.807, 2.05) is 24.3 Å². The highest BCUT2D eigenvalue weighted by molar-refractivity contribution is 5.87. The van der Waals surface area contributed by atoms with Crippen molar-refractivity contribution in [2.45, 2.75) is 12.0 Å². The molecule has 1 aliphatic heterocycles. The van der Waals surface area contributed by atoms with Gasteiger partial charge in [-0.25, -0.2) is 0 Å². The molecule has 1 aromatic carbocycles. The van der Waals surface area contributed by atoms with Crippen LogP contribution in [0.3, 0.4) is 0 Å². The molecule has 0 saturated heterocycles. The minimum Gasteiger partial charge on any atom is -0.493 e. The maximum Gasteiger partial charge on any atom is 0.242 e. The Hall–Kier alpha value is -1.59. The fourth-order valence-corrected chi connectivity index (χ4v) is 2.29. The van der Waals surface area contributed by atoms with Crippen LogP contribution < -0.4 is 15.8 Å². The highest BCUT2D eigenvalue weighted by Crippen LogP contribution is 2.36. The van der Waals surface area contributed by atoms with Gasteiger partial charge in [-0.15, -0.1) is 0 Å². The molecule has 0 radical (unpaired) electrons. The summed E-state index contributed by atoms with van der Waals surface area (Å²) in [5.74, 6) is 0.335. The SMILES string of the molecule is COCCNC1(C(N)=O)CCOc2ccccc21. The van der Waals surface area contributed by atoms with Gasteiger partial charge in [-0.1, -0.05) is 18.2 Å². The highest BCUT2D eigenvalue weighted by Gasteiger charge is 2.42. The second kappa shape index (κ2) is 5.37. The van der Waals surface area contributed by atoms with Crippen LogP contribution in [-0.2, 0) is 15.1 Å². The molecule has 0 bridgehead atoms. The fourth-order valence-electron chi connectivity index (χ4n) is 2.29. The maximum absolute atomic E-state index is 11.9. The Balaban J connectivity index is 2.33. The van der Waals surface area contributed by atoms with Gasteiger partial charge in [0.05, 0.1) is 13.2 Å². The van der Waals surface area contributed by atoms with E-state index in [1.54, 1.807) is 7.11 Å². The molecular weight excluding hydrogens is 232 g/mol. The number of nitrogens with two attached hydrogens (primary N) is 1. The van der Waals surface area contributed by atoms with E-state index in [0.29, 0.717) is 31.9 Å². The molecule has 3 N–H and O–H groups in total. The van der Waals surface area contributed by atoms with E-state index in [2.05, 4.69) is 5.32 Å². The lowest BCUT2D eigenvalue weighted by molar-refractivity contribution is -0.126. The maximum atomic E-state index is 11.9. The van der Waals surface area contributed by atoms with Gasteiger partial charge in [0, 0.05) is 25.6 Å². The third-order valence-electron chi connectivity index (χ3n) is 3.24. The van der Waals surface area contributed by atoms with E-state index in [-0.39, 0.29) is 5.91 Å². The summed E-state index contributed by atoms with van der Waals surface area (Å²) in [6.45, 7) is 1.56. The molecule has 0 spiro atoms. The number of amides is 1. The van der Waals surface area contributed by atoms with E-state index >= 15 is 0 Å². The number of ether oxygens (including phenoxy) is 2. The largest absolute Gasteiger partial charge is 0.493 e. The van der Waals surface area contributed by atoms with Gasteiger partial charge >= 0.3 is 0 Å². The number of rotatable bonds is 5. The second-order valence-corrected chi connectivity index (χ2v) is 4.28. The lowest BCUT2D eigenvalue weighted by Crippen LogP contribution is -2.55. The van der Waals surface area contributed by atoms with Gasteiger partial charge in [-0.2, -0.15) is 0 Å². The van der Waals surface area contributed by atoms with Gasteiger partial charge in [-0.3, -0.25) is 10.1 Å². The van der Waals surface area contributed by atoms with Crippen LogP contribution in [0.25, 0.3) is 0 Å². The van der Waals surface area contributed by atoms with Crippen LogP contribution in [-0.4, -0.2) is 32.8 Å². The molecule has 0 fully saturated rings. The molecule has 1 unspecified atom stereocenters. The number of para-hydroxylation sites is 1. The van der Waals surface area contributed by atoms with Crippen molar-refractivity contribution in [3.63, 3.8) is 0 Å². The summed E-state index contributed by atoms with van der Waals surface area (Å²) in [6.07, 6.45) is 0.531. The van der Waals surface area contributed by atoms with Crippen molar-refractivity contribution in [3.8, 4) is 5.75 Å². The second-order valence-electron chi connectivity index (χ2n) is 4.28. The Bertz CT molecular complexity index is 436. The number of methoxy groups -OCH3 is 1. The van der Waals surface area contributed by atoms with E-state index in [1.165, 1.54) is 0 Å². The number of hydrogen-bond acceptors (Lipinski definition) is 4. The number of primary amides is 1. The molecule has 18 heavy (non-hydrogen) atoms. The number of nitrogens with one attached hydrogen (secondary N) is 1. The topological polar surface area (TPSA) is 73.6 Å². The molecule has 1 aliphatic rings. The van der Waals surface area contributed by atoms with E-state index < -0.39 is 5.54 Å². The summed E-state index contributed by atoms with van der Waals surface area (Å²) < 4.78 is 10.6. The number of benzene rings is 1. The average molecular weight is 250 g/mol. The molecule has 1 aromatic rings. The van der Waals surface area contributed by atoms with Crippen LogP contribution in [0.2, 0.25) is 0 Å². The van der Waals surface area contributed by atoms with Crippen LogP contribution in [0.1, 0.15) is 12.0 Å². The van der Waals surface area contributed by atoms with Crippen molar-refractivity contribution in [2.75, 3.05) is 26.9 Å². The van der Waals surface area contributed by atoms with Gasteiger partial charge in [0.25, 0.3) is 0 Å². The lowest BCUT2D eigenvalue weighted by atomic mass is 9.83. The first-order valence-corrected chi connectivity index (χ1v) is 5.97. The smallest absolute Gasteiger partial charge is 0.242 e. The summed E-state index contributed by atoms with van der Waals surface area (Å²) >= 11 is 0. The third-order valence-corrected chi connectivity index (χ3v) is 3.24. The molecule has 5 heteroatoms. The van der Waals surface area contributed by atoms with Crippen molar-refractivity contribution in [1.82, 2.24) is 5.32 Å². The van der Waals surface area contributed by atoms with Crippen molar-refractivity contribution in [2.24, 2.45) is 5.73 Å². The number of carbonyl (C=O) groups excluding carboxylic acids is 1. The van der Waals surface area contributed by atoms with Gasteiger partial charge in [0.1, 0.15) is 11.3 Å². The Kier molecular flexibility index (Phi) is 3.84. The number of hydrogen-bond donors (Lipinski definition) is 2. The summed E-state index contributed by atoms with van der Waals surface area (Å²) in [4.78, 5) is 11.9. The Morgan fingerprint density at radius 3 is 3.06 bits per heavy atom. The van der Waals surface area contributed by atoms with Gasteiger partial charge < -0.3 is 15.2 Å². The molecule has 0 aromatic heterocycles. The summed E-state index contributed by atoms with van der Waals surface area (Å²) in [5.41, 5.74) is 5.55. The third kappa shape index (κ3) is 2.19. The molecule has 5 nitrogen and oxygen atoms in total. The monoisotopic (exact) mass is 250 g/mol.